The SMILES string of the molecule is C=CC(=O)OCC(O)COCCC[Si](C)(OC(C)[Si](C)(C)C)C(C)C(C)O[Si](C)(C)C(C)O[Si](C)(C)C. The Morgan fingerprint density at radius 1 is 0.865 bits per heavy atom. The number of ether oxygens (including phenoxy) is 2. The highest BCUT2D eigenvalue weighted by Crippen LogP contribution is 2.36. The summed E-state index contributed by atoms with van der Waals surface area (Å²) < 4.78 is 30.8. The molecule has 0 aromatic heterocycles. The summed E-state index contributed by atoms with van der Waals surface area (Å²) in [4.78, 5) is 11.2. The van der Waals surface area contributed by atoms with Crippen LogP contribution >= 0.6 is 0 Å². The van der Waals surface area contributed by atoms with Gasteiger partial charge in [0.15, 0.2) is 16.6 Å². The zero-order valence-corrected chi connectivity index (χ0v) is 30.1. The molecule has 0 fully saturated rings. The van der Waals surface area contributed by atoms with Gasteiger partial charge >= 0.3 is 5.97 Å². The van der Waals surface area contributed by atoms with E-state index >= 15 is 0 Å². The quantitative estimate of drug-likeness (QED) is 0.0835. The summed E-state index contributed by atoms with van der Waals surface area (Å²) in [6.45, 7) is 33.4. The van der Waals surface area contributed by atoms with E-state index in [4.69, 9.17) is 22.8 Å². The zero-order chi connectivity index (χ0) is 29.2. The average molecular weight is 595 g/mol. The molecule has 1 N–H and O–H groups in total. The van der Waals surface area contributed by atoms with Gasteiger partial charge < -0.3 is 27.9 Å². The fourth-order valence-corrected chi connectivity index (χ4v) is 14.3. The van der Waals surface area contributed by atoms with E-state index < -0.39 is 45.1 Å². The van der Waals surface area contributed by atoms with Crippen molar-refractivity contribution in [2.24, 2.45) is 0 Å². The molecular formula is C26H58O7Si4. The van der Waals surface area contributed by atoms with Crippen LogP contribution in [0.25, 0.3) is 0 Å². The molecule has 0 saturated carbocycles. The first-order valence-corrected chi connectivity index (χ1v) is 26.4. The van der Waals surface area contributed by atoms with Crippen molar-refractivity contribution in [1.29, 1.82) is 0 Å². The Bertz CT molecular complexity index is 693. The largest absolute Gasteiger partial charge is 0.460 e. The molecule has 11 heteroatoms. The van der Waals surface area contributed by atoms with Crippen LogP contribution < -0.4 is 0 Å². The summed E-state index contributed by atoms with van der Waals surface area (Å²) in [6, 6.07) is 0.946. The second kappa shape index (κ2) is 15.6. The lowest BCUT2D eigenvalue weighted by Crippen LogP contribution is -2.55. The first-order valence-electron chi connectivity index (χ1n) is 13.7. The number of esters is 1. The first-order chi connectivity index (χ1) is 16.6. The van der Waals surface area contributed by atoms with E-state index in [2.05, 4.69) is 93.2 Å². The van der Waals surface area contributed by atoms with Crippen molar-refractivity contribution in [2.45, 2.75) is 128 Å². The number of hydrogen-bond donors (Lipinski definition) is 1. The zero-order valence-electron chi connectivity index (χ0n) is 26.1. The predicted octanol–water partition coefficient (Wildman–Crippen LogP) is 6.12. The summed E-state index contributed by atoms with van der Waals surface area (Å²) >= 11 is 0. The van der Waals surface area contributed by atoms with Gasteiger partial charge in [-0.05, 0) is 78.1 Å². The Kier molecular flexibility index (Phi) is 15.6. The van der Waals surface area contributed by atoms with E-state index in [0.29, 0.717) is 12.1 Å². The first kappa shape index (κ1) is 36.9. The molecule has 0 amide bonds. The number of carbonyl (C=O) groups is 1. The van der Waals surface area contributed by atoms with Gasteiger partial charge in [-0.2, -0.15) is 0 Å². The second-order valence-electron chi connectivity index (χ2n) is 13.2. The molecule has 6 atom stereocenters. The Morgan fingerprint density at radius 3 is 1.92 bits per heavy atom. The fourth-order valence-electron chi connectivity index (χ4n) is 3.85. The van der Waals surface area contributed by atoms with Crippen molar-refractivity contribution in [3.8, 4) is 0 Å². The van der Waals surface area contributed by atoms with E-state index in [9.17, 15) is 9.90 Å². The maximum Gasteiger partial charge on any atom is 0.330 e. The Morgan fingerprint density at radius 2 is 1.43 bits per heavy atom. The number of hydrogen-bond acceptors (Lipinski definition) is 7. The van der Waals surface area contributed by atoms with Crippen molar-refractivity contribution in [2.75, 3.05) is 19.8 Å². The van der Waals surface area contributed by atoms with E-state index in [1.54, 1.807) is 0 Å². The lowest BCUT2D eigenvalue weighted by atomic mass is 10.3. The van der Waals surface area contributed by atoms with Crippen LogP contribution in [0.15, 0.2) is 12.7 Å². The van der Waals surface area contributed by atoms with Crippen LogP contribution in [0.2, 0.25) is 70.5 Å². The monoisotopic (exact) mass is 594 g/mol. The highest BCUT2D eigenvalue weighted by molar-refractivity contribution is 6.80. The molecular weight excluding hydrogens is 537 g/mol. The minimum absolute atomic E-state index is 0.0714. The predicted molar refractivity (Wildman–Crippen MR) is 164 cm³/mol. The maximum absolute atomic E-state index is 11.2. The molecule has 0 heterocycles. The van der Waals surface area contributed by atoms with Crippen molar-refractivity contribution in [1.82, 2.24) is 0 Å². The molecule has 0 saturated heterocycles. The van der Waals surface area contributed by atoms with Crippen LogP contribution in [-0.2, 0) is 27.5 Å². The number of aliphatic hydroxyl groups is 1. The minimum atomic E-state index is -2.21. The summed E-state index contributed by atoms with van der Waals surface area (Å²) in [5.74, 6) is -0.549. The van der Waals surface area contributed by atoms with Gasteiger partial charge in [0.25, 0.3) is 0 Å². The number of aliphatic hydroxyl groups excluding tert-OH is 1. The van der Waals surface area contributed by atoms with Crippen LogP contribution in [0.5, 0.6) is 0 Å². The van der Waals surface area contributed by atoms with Gasteiger partial charge in [0.1, 0.15) is 12.7 Å². The van der Waals surface area contributed by atoms with Gasteiger partial charge in [0.05, 0.1) is 20.4 Å². The third-order valence-corrected chi connectivity index (χ3v) is 19.0. The molecule has 0 radical (unpaired) electrons. The summed E-state index contributed by atoms with van der Waals surface area (Å²) in [5.41, 5.74) is 0.677. The highest BCUT2D eigenvalue weighted by atomic mass is 28.4. The van der Waals surface area contributed by atoms with E-state index in [0.717, 1.165) is 18.5 Å². The van der Waals surface area contributed by atoms with Crippen molar-refractivity contribution in [3.05, 3.63) is 12.7 Å². The van der Waals surface area contributed by atoms with Gasteiger partial charge in [-0.3, -0.25) is 0 Å². The standard InChI is InChI=1S/C26H58O7Si4/c1-15-26(28)30-20-25(27)19-29-17-16-18-37(14,33-23(4)34(6,7)8)22(3)21(2)31-36(12,13)24(5)32-35(9,10)11/h15,21-25,27H,1,16-20H2,2-14H3. The molecule has 37 heavy (non-hydrogen) atoms. The van der Waals surface area contributed by atoms with Gasteiger partial charge in [0, 0.05) is 24.5 Å². The summed E-state index contributed by atoms with van der Waals surface area (Å²) in [7, 11) is -7.42. The molecule has 0 aliphatic carbocycles. The minimum Gasteiger partial charge on any atom is -0.460 e. The molecule has 7 nitrogen and oxygen atoms in total. The molecule has 6 unspecified atom stereocenters. The third-order valence-electron chi connectivity index (χ3n) is 7.19. The maximum atomic E-state index is 11.2. The Hall–Kier alpha value is -0.122. The Balaban J connectivity index is 5.26. The normalized spacial score (nSPS) is 18.9. The molecule has 0 aromatic carbocycles. The topological polar surface area (TPSA) is 83.5 Å². The number of rotatable bonds is 19. The van der Waals surface area contributed by atoms with Crippen LogP contribution in [0.1, 0.15) is 34.1 Å². The molecule has 0 bridgehead atoms. The van der Waals surface area contributed by atoms with Crippen LogP contribution in [0.3, 0.4) is 0 Å². The van der Waals surface area contributed by atoms with Gasteiger partial charge in [-0.15, -0.1) is 0 Å². The molecule has 220 valence electrons. The van der Waals surface area contributed by atoms with Crippen LogP contribution in [0.4, 0.5) is 0 Å². The van der Waals surface area contributed by atoms with Crippen molar-refractivity contribution < 1.29 is 32.7 Å². The lowest BCUT2D eigenvalue weighted by Gasteiger charge is -2.44. The van der Waals surface area contributed by atoms with Gasteiger partial charge in [0.2, 0.25) is 8.32 Å². The molecule has 0 aromatic rings. The van der Waals surface area contributed by atoms with E-state index in [1.165, 1.54) is 0 Å². The smallest absolute Gasteiger partial charge is 0.330 e. The van der Waals surface area contributed by atoms with Crippen LogP contribution in [-0.4, -0.2) is 87.6 Å². The molecule has 0 aliphatic rings. The Labute approximate surface area is 232 Å². The van der Waals surface area contributed by atoms with Gasteiger partial charge in [-0.1, -0.05) is 33.1 Å². The third kappa shape index (κ3) is 14.7. The highest BCUT2D eigenvalue weighted by Gasteiger charge is 2.45. The molecule has 0 rings (SSSR count). The van der Waals surface area contributed by atoms with Crippen molar-refractivity contribution in [3.63, 3.8) is 0 Å². The van der Waals surface area contributed by atoms with Crippen molar-refractivity contribution >= 4 is 39.0 Å². The summed E-state index contributed by atoms with van der Waals surface area (Å²) in [6.07, 6.45) is 1.14. The van der Waals surface area contributed by atoms with Gasteiger partial charge in [-0.25, -0.2) is 4.79 Å². The fraction of sp³-hybridized carbons (Fsp3) is 0.885. The van der Waals surface area contributed by atoms with Crippen LogP contribution in [0, 0.1) is 0 Å². The molecule has 0 spiro atoms. The average Bonchev–Trinajstić information content (AvgIpc) is 2.74. The molecule has 0 aliphatic heterocycles. The number of carbonyl (C=O) groups excluding carboxylic acids is 1. The second-order valence-corrected chi connectivity index (χ2v) is 31.7. The lowest BCUT2D eigenvalue weighted by molar-refractivity contribution is -0.141. The van der Waals surface area contributed by atoms with E-state index in [-0.39, 0.29) is 30.8 Å². The summed E-state index contributed by atoms with van der Waals surface area (Å²) in [5, 5.41) is 9.98. The van der Waals surface area contributed by atoms with E-state index in [1.807, 2.05) is 0 Å².